The van der Waals surface area contributed by atoms with Crippen LogP contribution in [0, 0.1) is 0 Å². The van der Waals surface area contributed by atoms with E-state index < -0.39 is 5.97 Å². The number of carbonyl (C=O) groups is 2. The van der Waals surface area contributed by atoms with Crippen LogP contribution in [0.25, 0.3) is 0 Å². The zero-order valence-electron chi connectivity index (χ0n) is 13.0. The number of nitrogens with zero attached hydrogens (tertiary/aromatic N) is 2. The Bertz CT molecular complexity index is 753. The minimum atomic E-state index is -1.09. The molecule has 0 atom stereocenters. The third-order valence-corrected chi connectivity index (χ3v) is 5.08. The van der Waals surface area contributed by atoms with Crippen molar-refractivity contribution in [1.82, 2.24) is 9.88 Å². The molecule has 0 bridgehead atoms. The monoisotopic (exact) mass is 388 g/mol. The summed E-state index contributed by atoms with van der Waals surface area (Å²) in [7, 11) is 0. The smallest absolute Gasteiger partial charge is 0.354 e. The highest BCUT2D eigenvalue weighted by Crippen LogP contribution is 2.33. The number of rotatable bonds is 3. The Kier molecular flexibility index (Phi) is 4.94. The van der Waals surface area contributed by atoms with Crippen molar-refractivity contribution < 1.29 is 14.7 Å². The predicted molar refractivity (Wildman–Crippen MR) is 93.2 cm³/mol. The second kappa shape index (κ2) is 7.13. The van der Waals surface area contributed by atoms with E-state index in [2.05, 4.69) is 27.0 Å². The maximum atomic E-state index is 12.5. The normalized spacial score (nSPS) is 15.3. The van der Waals surface area contributed by atoms with Gasteiger partial charge in [-0.05, 0) is 42.5 Å². The zero-order chi connectivity index (χ0) is 17.1. The van der Waals surface area contributed by atoms with Gasteiger partial charge in [0.05, 0.1) is 5.56 Å². The molecule has 1 aromatic heterocycles. The van der Waals surface area contributed by atoms with Crippen molar-refractivity contribution in [2.24, 2.45) is 0 Å². The van der Waals surface area contributed by atoms with Crippen molar-refractivity contribution in [2.45, 2.75) is 18.8 Å². The Morgan fingerprint density at radius 3 is 2.42 bits per heavy atom. The Balaban J connectivity index is 1.65. The van der Waals surface area contributed by atoms with Gasteiger partial charge in [0.1, 0.15) is 5.69 Å². The van der Waals surface area contributed by atoms with Crippen LogP contribution in [0.2, 0.25) is 0 Å². The van der Waals surface area contributed by atoms with Crippen LogP contribution >= 0.6 is 15.9 Å². The van der Waals surface area contributed by atoms with Crippen molar-refractivity contribution in [3.05, 3.63) is 63.9 Å². The van der Waals surface area contributed by atoms with E-state index in [0.717, 1.165) is 17.3 Å². The number of halogens is 1. The number of hydrogen-bond acceptors (Lipinski definition) is 3. The highest BCUT2D eigenvalue weighted by molar-refractivity contribution is 9.10. The first-order valence-electron chi connectivity index (χ1n) is 7.79. The van der Waals surface area contributed by atoms with Crippen molar-refractivity contribution in [2.75, 3.05) is 13.1 Å². The van der Waals surface area contributed by atoms with Gasteiger partial charge in [-0.3, -0.25) is 4.79 Å². The second-order valence-corrected chi connectivity index (χ2v) is 6.68. The van der Waals surface area contributed by atoms with E-state index in [1.54, 1.807) is 0 Å². The molecule has 0 radical (unpaired) electrons. The number of aromatic nitrogens is 1. The van der Waals surface area contributed by atoms with Gasteiger partial charge < -0.3 is 10.0 Å². The predicted octanol–water partition coefficient (Wildman–Crippen LogP) is 3.56. The molecule has 1 saturated heterocycles. The fourth-order valence-corrected chi connectivity index (χ4v) is 3.64. The molecule has 3 rings (SSSR count). The molecule has 0 aliphatic carbocycles. The molecule has 5 nitrogen and oxygen atoms in total. The van der Waals surface area contributed by atoms with Gasteiger partial charge in [-0.1, -0.05) is 34.1 Å². The lowest BCUT2D eigenvalue weighted by atomic mass is 9.89. The summed E-state index contributed by atoms with van der Waals surface area (Å²) in [5, 5.41) is 8.86. The summed E-state index contributed by atoms with van der Waals surface area (Å²) in [5.74, 6) is -0.745. The van der Waals surface area contributed by atoms with Crippen molar-refractivity contribution in [3.8, 4) is 0 Å². The molecule has 0 saturated carbocycles. The Morgan fingerprint density at radius 1 is 1.12 bits per heavy atom. The highest BCUT2D eigenvalue weighted by atomic mass is 79.9. The van der Waals surface area contributed by atoms with Crippen molar-refractivity contribution in [3.63, 3.8) is 0 Å². The number of carboxylic acids is 1. The van der Waals surface area contributed by atoms with Crippen LogP contribution in [-0.4, -0.2) is 40.0 Å². The summed E-state index contributed by atoms with van der Waals surface area (Å²) < 4.78 is 1.11. The topological polar surface area (TPSA) is 70.5 Å². The summed E-state index contributed by atoms with van der Waals surface area (Å²) in [6, 6.07) is 11.1. The lowest BCUT2D eigenvalue weighted by Crippen LogP contribution is -2.38. The van der Waals surface area contributed by atoms with Crippen LogP contribution in [0.4, 0.5) is 0 Å². The Labute approximate surface area is 148 Å². The number of carbonyl (C=O) groups excluding carboxylic acids is 1. The average molecular weight is 389 g/mol. The molecule has 1 fully saturated rings. The van der Waals surface area contributed by atoms with E-state index in [9.17, 15) is 9.59 Å². The molecule has 124 valence electrons. The molecule has 1 amide bonds. The van der Waals surface area contributed by atoms with Crippen LogP contribution < -0.4 is 0 Å². The molecule has 2 heterocycles. The molecule has 24 heavy (non-hydrogen) atoms. The summed E-state index contributed by atoms with van der Waals surface area (Å²) in [6.07, 6.45) is 3.16. The van der Waals surface area contributed by atoms with Gasteiger partial charge in [0.15, 0.2) is 0 Å². The standard InChI is InChI=1S/C18H17BrN2O3/c19-15-4-2-1-3-14(15)12-7-9-21(10-8-12)17(22)13-5-6-16(18(23)24)20-11-13/h1-6,11-12H,7-10H2,(H,23,24). The van der Waals surface area contributed by atoms with Crippen LogP contribution in [-0.2, 0) is 0 Å². The van der Waals surface area contributed by atoms with Crippen LogP contribution in [0.1, 0.15) is 45.2 Å². The fourth-order valence-electron chi connectivity index (χ4n) is 3.03. The van der Waals surface area contributed by atoms with Gasteiger partial charge in [-0.15, -0.1) is 0 Å². The molecular formula is C18H17BrN2O3. The molecule has 1 aromatic carbocycles. The minimum Gasteiger partial charge on any atom is -0.477 e. The Morgan fingerprint density at radius 2 is 1.83 bits per heavy atom. The van der Waals surface area contributed by atoms with E-state index in [1.165, 1.54) is 23.9 Å². The number of likely N-dealkylation sites (tertiary alicyclic amines) is 1. The third-order valence-electron chi connectivity index (χ3n) is 4.36. The summed E-state index contributed by atoms with van der Waals surface area (Å²) >= 11 is 3.59. The van der Waals surface area contributed by atoms with E-state index in [0.29, 0.717) is 24.6 Å². The van der Waals surface area contributed by atoms with E-state index in [-0.39, 0.29) is 11.6 Å². The van der Waals surface area contributed by atoms with Crippen molar-refractivity contribution >= 4 is 27.8 Å². The summed E-state index contributed by atoms with van der Waals surface area (Å²) in [6.45, 7) is 1.37. The van der Waals surface area contributed by atoms with Crippen LogP contribution in [0.5, 0.6) is 0 Å². The molecule has 1 aliphatic rings. The van der Waals surface area contributed by atoms with Crippen LogP contribution in [0.15, 0.2) is 47.1 Å². The maximum Gasteiger partial charge on any atom is 0.354 e. The number of pyridine rings is 1. The molecule has 0 unspecified atom stereocenters. The van der Waals surface area contributed by atoms with Gasteiger partial charge in [0.25, 0.3) is 5.91 Å². The van der Waals surface area contributed by atoms with Gasteiger partial charge in [0.2, 0.25) is 0 Å². The number of carboxylic acid groups (broad SMARTS) is 1. The minimum absolute atomic E-state index is 0.0563. The van der Waals surface area contributed by atoms with Crippen molar-refractivity contribution in [1.29, 1.82) is 0 Å². The second-order valence-electron chi connectivity index (χ2n) is 5.83. The van der Waals surface area contributed by atoms with E-state index in [4.69, 9.17) is 5.11 Å². The summed E-state index contributed by atoms with van der Waals surface area (Å²) in [5.41, 5.74) is 1.66. The van der Waals surface area contributed by atoms with Gasteiger partial charge >= 0.3 is 5.97 Å². The lowest BCUT2D eigenvalue weighted by Gasteiger charge is -2.32. The Hall–Kier alpha value is -2.21. The molecular weight excluding hydrogens is 372 g/mol. The first-order chi connectivity index (χ1) is 11.6. The van der Waals surface area contributed by atoms with E-state index >= 15 is 0 Å². The van der Waals surface area contributed by atoms with Crippen LogP contribution in [0.3, 0.4) is 0 Å². The number of aromatic carboxylic acids is 1. The van der Waals surface area contributed by atoms with Gasteiger partial charge in [-0.2, -0.15) is 0 Å². The van der Waals surface area contributed by atoms with Gasteiger partial charge in [-0.25, -0.2) is 9.78 Å². The number of hydrogen-bond donors (Lipinski definition) is 1. The molecule has 1 aliphatic heterocycles. The lowest BCUT2D eigenvalue weighted by molar-refractivity contribution is 0.0682. The molecule has 1 N–H and O–H groups in total. The number of piperidine rings is 1. The SMILES string of the molecule is O=C(O)c1ccc(C(=O)N2CCC(c3ccccc3Br)CC2)cn1. The maximum absolute atomic E-state index is 12.5. The zero-order valence-corrected chi connectivity index (χ0v) is 14.6. The molecule has 0 spiro atoms. The molecule has 2 aromatic rings. The molecule has 6 heteroatoms. The highest BCUT2D eigenvalue weighted by Gasteiger charge is 2.25. The summed E-state index contributed by atoms with van der Waals surface area (Å²) in [4.78, 5) is 29.0. The first-order valence-corrected chi connectivity index (χ1v) is 8.58. The third kappa shape index (κ3) is 3.48. The first kappa shape index (κ1) is 16.6. The average Bonchev–Trinajstić information content (AvgIpc) is 2.62. The van der Waals surface area contributed by atoms with E-state index in [1.807, 2.05) is 23.1 Å². The largest absolute Gasteiger partial charge is 0.477 e. The number of benzene rings is 1. The quantitative estimate of drug-likeness (QED) is 0.872. The number of amides is 1. The van der Waals surface area contributed by atoms with Gasteiger partial charge in [0, 0.05) is 23.8 Å². The fraction of sp³-hybridized carbons (Fsp3) is 0.278.